The Morgan fingerprint density at radius 2 is 1.77 bits per heavy atom. The lowest BCUT2D eigenvalue weighted by Gasteiger charge is -2.45. The van der Waals surface area contributed by atoms with Crippen LogP contribution in [-0.4, -0.2) is 69.5 Å². The number of hydrogen-bond acceptors (Lipinski definition) is 10. The minimum absolute atomic E-state index is 0.141. The van der Waals surface area contributed by atoms with Crippen LogP contribution in [0.4, 0.5) is 4.79 Å². The number of amides is 1. The molecule has 5 atom stereocenters. The number of benzene rings is 2. The van der Waals surface area contributed by atoms with Gasteiger partial charge in [-0.3, -0.25) is 5.32 Å². The zero-order chi connectivity index (χ0) is 31.3. The molecule has 238 valence electrons. The maximum Gasteiger partial charge on any atom is 0.409 e. The first-order chi connectivity index (χ1) is 20.3. The topological polar surface area (TPSA) is 172 Å². The average Bonchev–Trinajstić information content (AvgIpc) is 3.60. The molecular weight excluding hydrogens is 574 g/mol. The quantitative estimate of drug-likeness (QED) is 0.230. The molecule has 0 unspecified atom stereocenters. The van der Waals surface area contributed by atoms with Crippen LogP contribution in [0.5, 0.6) is 5.75 Å². The smallest absolute Gasteiger partial charge is 0.409 e. The number of carbonyl (C=O) groups is 1. The van der Waals surface area contributed by atoms with Crippen LogP contribution in [0.15, 0.2) is 59.5 Å². The van der Waals surface area contributed by atoms with Crippen molar-refractivity contribution < 1.29 is 37.3 Å². The summed E-state index contributed by atoms with van der Waals surface area (Å²) >= 11 is 0. The predicted molar refractivity (Wildman–Crippen MR) is 161 cm³/mol. The minimum atomic E-state index is -4.60. The Bertz CT molecular complexity index is 1320. The van der Waals surface area contributed by atoms with Gasteiger partial charge in [-0.05, 0) is 73.9 Å². The van der Waals surface area contributed by atoms with Gasteiger partial charge in [0.25, 0.3) is 0 Å². The Morgan fingerprint density at radius 1 is 1.07 bits per heavy atom. The summed E-state index contributed by atoms with van der Waals surface area (Å²) in [5.41, 5.74) is 10.7. The van der Waals surface area contributed by atoms with E-state index in [0.29, 0.717) is 37.3 Å². The number of methoxy groups -OCH3 is 1. The van der Waals surface area contributed by atoms with Crippen LogP contribution in [0.3, 0.4) is 0 Å². The number of aliphatic hydroxyl groups is 1. The Kier molecular flexibility index (Phi) is 10.4. The van der Waals surface area contributed by atoms with Crippen LogP contribution < -0.4 is 21.5 Å². The van der Waals surface area contributed by atoms with E-state index in [-0.39, 0.29) is 42.1 Å². The van der Waals surface area contributed by atoms with Gasteiger partial charge in [-0.1, -0.05) is 44.2 Å². The fraction of sp³-hybridized carbons (Fsp3) is 0.581. The lowest BCUT2D eigenvalue weighted by Crippen LogP contribution is -2.74. The molecule has 0 aromatic heterocycles. The molecule has 0 spiro atoms. The summed E-state index contributed by atoms with van der Waals surface area (Å²) in [7, 11) is -3.13. The molecule has 11 nitrogen and oxygen atoms in total. The number of hydrogen-bond donors (Lipinski definition) is 4. The van der Waals surface area contributed by atoms with Crippen molar-refractivity contribution in [1.82, 2.24) is 5.32 Å². The molecule has 6 N–H and O–H groups in total. The summed E-state index contributed by atoms with van der Waals surface area (Å²) in [4.78, 5) is 10.7. The molecule has 2 heterocycles. The average molecular weight is 620 g/mol. The van der Waals surface area contributed by atoms with Gasteiger partial charge in [0.05, 0.1) is 31.1 Å². The first-order valence-electron chi connectivity index (χ1n) is 14.7. The lowest BCUT2D eigenvalue weighted by molar-refractivity contribution is -0.0907. The largest absolute Gasteiger partial charge is 0.497 e. The zero-order valence-corrected chi connectivity index (χ0v) is 26.0. The molecule has 0 bridgehead atoms. The molecule has 2 aliphatic rings. The van der Waals surface area contributed by atoms with Crippen molar-refractivity contribution in [2.45, 2.75) is 80.3 Å². The molecule has 4 rings (SSSR count). The van der Waals surface area contributed by atoms with Crippen LogP contribution in [0, 0.1) is 11.3 Å². The summed E-state index contributed by atoms with van der Waals surface area (Å²) in [5.74, 6) is 0.306. The summed E-state index contributed by atoms with van der Waals surface area (Å²) in [6.07, 6.45) is -0.0981. The maximum atomic E-state index is 14.5. The van der Waals surface area contributed by atoms with Crippen molar-refractivity contribution >= 4 is 15.9 Å². The Morgan fingerprint density at radius 3 is 2.42 bits per heavy atom. The third-order valence-electron chi connectivity index (χ3n) is 8.60. The molecule has 12 heteroatoms. The molecule has 1 amide bonds. The zero-order valence-electron chi connectivity index (χ0n) is 25.2. The number of nitrogens with two attached hydrogens (primary N) is 2. The molecule has 0 saturated carbocycles. The molecule has 2 aliphatic heterocycles. The second-order valence-electron chi connectivity index (χ2n) is 12.2. The van der Waals surface area contributed by atoms with Crippen molar-refractivity contribution in [3.63, 3.8) is 0 Å². The number of ether oxygens (including phenoxy) is 4. The molecule has 0 radical (unpaired) electrons. The minimum Gasteiger partial charge on any atom is -0.497 e. The van der Waals surface area contributed by atoms with Gasteiger partial charge in [0.15, 0.2) is 6.29 Å². The van der Waals surface area contributed by atoms with Crippen LogP contribution in [0.1, 0.15) is 51.5 Å². The van der Waals surface area contributed by atoms with Crippen LogP contribution >= 0.6 is 0 Å². The van der Waals surface area contributed by atoms with Crippen molar-refractivity contribution in [2.24, 2.45) is 22.8 Å². The van der Waals surface area contributed by atoms with Gasteiger partial charge in [0, 0.05) is 6.42 Å². The van der Waals surface area contributed by atoms with Gasteiger partial charge in [0.2, 0.25) is 14.8 Å². The molecule has 2 fully saturated rings. The van der Waals surface area contributed by atoms with Crippen LogP contribution in [0.25, 0.3) is 0 Å². The standard InChI is InChI=1S/C31H45N3O8S/c1-29(2,15-7-18-32)16-17-31(36,43(37,38)24-12-10-23(39-3)11-13-24)30(33,20-22-8-5-4-6-9-22)34-28(35)42-26-21-41-27-25(26)14-19-40-27/h4-6,8-13,25-27,36H,7,14-21,32-33H2,1-3H3,(H,34,35)/t25-,26-,27+,30+,31-/m1/s1. The summed E-state index contributed by atoms with van der Waals surface area (Å²) in [6.45, 7) is 5.09. The van der Waals surface area contributed by atoms with Crippen molar-refractivity contribution in [1.29, 1.82) is 0 Å². The first kappa shape index (κ1) is 33.2. The second-order valence-corrected chi connectivity index (χ2v) is 14.4. The third kappa shape index (κ3) is 7.33. The number of rotatable bonds is 14. The normalized spacial score (nSPS) is 23.2. The molecule has 43 heavy (non-hydrogen) atoms. The van der Waals surface area contributed by atoms with Gasteiger partial charge >= 0.3 is 6.09 Å². The number of carbonyl (C=O) groups excluding carboxylic acids is 1. The maximum absolute atomic E-state index is 14.5. The highest BCUT2D eigenvalue weighted by atomic mass is 32.2. The van der Waals surface area contributed by atoms with E-state index in [4.69, 9.17) is 30.4 Å². The van der Waals surface area contributed by atoms with Crippen LogP contribution in [-0.2, 0) is 30.5 Å². The van der Waals surface area contributed by atoms with Crippen LogP contribution in [0.2, 0.25) is 0 Å². The monoisotopic (exact) mass is 619 g/mol. The number of sulfone groups is 1. The summed E-state index contributed by atoms with van der Waals surface area (Å²) in [5, 5.41) is 15.2. The molecule has 0 aliphatic carbocycles. The van der Waals surface area contributed by atoms with Gasteiger partial charge in [-0.25, -0.2) is 13.2 Å². The summed E-state index contributed by atoms with van der Waals surface area (Å²) in [6, 6.07) is 14.6. The lowest BCUT2D eigenvalue weighted by atomic mass is 9.80. The molecule has 2 aromatic rings. The highest BCUT2D eigenvalue weighted by Crippen LogP contribution is 2.41. The van der Waals surface area contributed by atoms with E-state index in [1.807, 2.05) is 19.9 Å². The van der Waals surface area contributed by atoms with E-state index in [2.05, 4.69) is 5.32 Å². The van der Waals surface area contributed by atoms with Crippen molar-refractivity contribution in [2.75, 3.05) is 26.9 Å². The van der Waals surface area contributed by atoms with E-state index in [0.717, 1.165) is 6.42 Å². The predicted octanol–water partition coefficient (Wildman–Crippen LogP) is 3.09. The van der Waals surface area contributed by atoms with Crippen molar-refractivity contribution in [3.05, 3.63) is 60.2 Å². The SMILES string of the molecule is COc1ccc(S(=O)(=O)[C@](O)(CCC(C)(C)CCCN)[C@](N)(Cc2ccccc2)NC(=O)O[C@@H]2CO[C@@H]3OCC[C@@H]32)cc1. The van der Waals surface area contributed by atoms with Gasteiger partial charge in [-0.2, -0.15) is 0 Å². The molecule has 2 saturated heterocycles. The fourth-order valence-corrected chi connectivity index (χ4v) is 7.71. The Labute approximate surface area is 254 Å². The van der Waals surface area contributed by atoms with Gasteiger partial charge in [-0.15, -0.1) is 0 Å². The number of nitrogens with one attached hydrogen (secondary N) is 1. The third-order valence-corrected chi connectivity index (χ3v) is 11.0. The van der Waals surface area contributed by atoms with E-state index in [1.54, 1.807) is 24.3 Å². The summed E-state index contributed by atoms with van der Waals surface area (Å²) < 4.78 is 51.0. The number of alkyl carbamates (subject to hydrolysis) is 1. The van der Waals surface area contributed by atoms with E-state index < -0.39 is 38.9 Å². The van der Waals surface area contributed by atoms with E-state index in [1.165, 1.54) is 31.4 Å². The first-order valence-corrected chi connectivity index (χ1v) is 16.2. The fourth-order valence-electron chi connectivity index (χ4n) is 5.85. The van der Waals surface area contributed by atoms with E-state index in [9.17, 15) is 18.3 Å². The Balaban J connectivity index is 1.74. The van der Waals surface area contributed by atoms with Gasteiger partial charge < -0.3 is 35.5 Å². The van der Waals surface area contributed by atoms with E-state index >= 15 is 0 Å². The Hall–Kier alpha value is -2.74. The van der Waals surface area contributed by atoms with Crippen molar-refractivity contribution in [3.8, 4) is 5.75 Å². The highest BCUT2D eigenvalue weighted by molar-refractivity contribution is 7.92. The highest BCUT2D eigenvalue weighted by Gasteiger charge is 2.59. The molecular formula is C31H45N3O8S. The second kappa shape index (κ2) is 13.5. The number of fused-ring (bicyclic) bond motifs is 1. The molecule has 2 aromatic carbocycles. The van der Waals surface area contributed by atoms with Gasteiger partial charge in [0.1, 0.15) is 17.5 Å².